The van der Waals surface area contributed by atoms with Gasteiger partial charge < -0.3 is 24.0 Å². The second-order valence-electron chi connectivity index (χ2n) is 5.36. The third-order valence-electron chi connectivity index (χ3n) is 3.43. The van der Waals surface area contributed by atoms with Crippen molar-refractivity contribution in [2.24, 2.45) is 0 Å². The number of rotatable bonds is 6. The fraction of sp³-hybridized carbons (Fsp3) is 0.857. The normalized spacial score (nSPS) is 21.0. The minimum atomic E-state index is 0.0593. The van der Waals surface area contributed by atoms with Gasteiger partial charge in [0.15, 0.2) is 0 Å². The number of thiocarbonyl (C=S) groups is 2. The molecular weight excluding hydrogens is 437 g/mol. The minimum Gasteiger partial charge on any atom is -0.378 e. The highest BCUT2D eigenvalue weighted by Crippen LogP contribution is 2.35. The van der Waals surface area contributed by atoms with Gasteiger partial charge >= 0.3 is 0 Å². The van der Waals surface area contributed by atoms with Crippen LogP contribution in [0.1, 0.15) is 13.8 Å². The van der Waals surface area contributed by atoms with Crippen molar-refractivity contribution in [3.63, 3.8) is 0 Å². The molecule has 2 aliphatic heterocycles. The Bertz CT molecular complexity index is 395. The molecule has 0 spiro atoms. The molecule has 2 heterocycles. The maximum atomic E-state index is 6.00. The molecule has 11 heteroatoms. The highest BCUT2D eigenvalue weighted by Gasteiger charge is 2.19. The van der Waals surface area contributed by atoms with Crippen LogP contribution in [0.2, 0.25) is 0 Å². The Morgan fingerprint density at radius 3 is 1.52 bits per heavy atom. The van der Waals surface area contributed by atoms with Gasteiger partial charge in [0, 0.05) is 26.2 Å². The first-order valence-electron chi connectivity index (χ1n) is 8.11. The maximum Gasteiger partial charge on any atom is 0.147 e. The van der Waals surface area contributed by atoms with Crippen LogP contribution in [0, 0.1) is 0 Å². The van der Waals surface area contributed by atoms with Gasteiger partial charge in [-0.3, -0.25) is 0 Å². The van der Waals surface area contributed by atoms with E-state index in [0.717, 1.165) is 61.2 Å². The van der Waals surface area contributed by atoms with Gasteiger partial charge in [0.05, 0.1) is 26.4 Å². The molecule has 0 aliphatic carbocycles. The monoisotopic (exact) mass is 460 g/mol. The summed E-state index contributed by atoms with van der Waals surface area (Å²) in [5.74, 6) is 0. The average Bonchev–Trinajstić information content (AvgIpc) is 2.65. The van der Waals surface area contributed by atoms with E-state index in [2.05, 4.69) is 23.6 Å². The van der Waals surface area contributed by atoms with Crippen LogP contribution in [0.5, 0.6) is 0 Å². The summed E-state index contributed by atoms with van der Waals surface area (Å²) in [5, 5.41) is 0. The van der Waals surface area contributed by atoms with Crippen LogP contribution in [0.25, 0.3) is 0 Å². The first-order valence-corrected chi connectivity index (χ1v) is 13.4. The highest BCUT2D eigenvalue weighted by molar-refractivity contribution is 8.84. The molecule has 2 atom stereocenters. The number of hydrogen-bond donors (Lipinski definition) is 0. The summed E-state index contributed by atoms with van der Waals surface area (Å²) in [4.78, 5) is 4.38. The Morgan fingerprint density at radius 2 is 1.16 bits per heavy atom. The quantitative estimate of drug-likeness (QED) is 0.331. The van der Waals surface area contributed by atoms with Crippen LogP contribution < -0.4 is 0 Å². The van der Waals surface area contributed by atoms with Gasteiger partial charge in [0.2, 0.25) is 0 Å². The summed E-state index contributed by atoms with van der Waals surface area (Å²) in [5.41, 5.74) is 0.119. The van der Waals surface area contributed by atoms with Crippen molar-refractivity contribution in [1.82, 2.24) is 9.80 Å². The van der Waals surface area contributed by atoms with E-state index in [1.165, 1.54) is 0 Å². The third kappa shape index (κ3) is 8.73. The van der Waals surface area contributed by atoms with Crippen molar-refractivity contribution in [3.8, 4) is 0 Å². The van der Waals surface area contributed by atoms with E-state index in [1.807, 2.05) is 0 Å². The van der Waals surface area contributed by atoms with E-state index >= 15 is 0 Å². The molecule has 2 rings (SSSR count). The van der Waals surface area contributed by atoms with Crippen molar-refractivity contribution in [3.05, 3.63) is 0 Å². The molecule has 2 unspecified atom stereocenters. The van der Waals surface area contributed by atoms with E-state index < -0.39 is 0 Å². The molecule has 144 valence electrons. The Labute approximate surface area is 176 Å². The fourth-order valence-corrected chi connectivity index (χ4v) is 6.92. The van der Waals surface area contributed by atoms with Gasteiger partial charge in [-0.1, -0.05) is 46.0 Å². The molecule has 2 saturated heterocycles. The van der Waals surface area contributed by atoms with Gasteiger partial charge in [-0.15, -0.1) is 0 Å². The van der Waals surface area contributed by atoms with Crippen molar-refractivity contribution in [2.75, 3.05) is 52.6 Å². The topological polar surface area (TPSA) is 34.2 Å². The Kier molecular flexibility index (Phi) is 11.2. The van der Waals surface area contributed by atoms with Gasteiger partial charge in [-0.05, 0) is 35.4 Å². The SMILES string of the molecule is CC(OC(C)SSC(=S)N1CCOCC1)SSC(=S)N1CCOCC1. The first kappa shape index (κ1) is 22.4. The Morgan fingerprint density at radius 1 is 0.800 bits per heavy atom. The second-order valence-corrected chi connectivity index (χ2v) is 11.6. The molecule has 2 aliphatic rings. The zero-order chi connectivity index (χ0) is 18.1. The summed E-state index contributed by atoms with van der Waals surface area (Å²) >= 11 is 11.0. The fourth-order valence-electron chi connectivity index (χ4n) is 2.13. The molecule has 0 N–H and O–H groups in total. The van der Waals surface area contributed by atoms with Crippen molar-refractivity contribution < 1.29 is 14.2 Å². The van der Waals surface area contributed by atoms with E-state index in [0.29, 0.717) is 0 Å². The number of hydrogen-bond acceptors (Lipinski definition) is 9. The molecule has 0 amide bonds. The number of morpholine rings is 2. The molecule has 5 nitrogen and oxygen atoms in total. The number of nitrogens with zero attached hydrogens (tertiary/aromatic N) is 2. The molecule has 0 aromatic heterocycles. The molecule has 0 saturated carbocycles. The van der Waals surface area contributed by atoms with Gasteiger partial charge in [0.1, 0.15) is 19.5 Å². The zero-order valence-corrected chi connectivity index (χ0v) is 19.3. The molecule has 0 radical (unpaired) electrons. The van der Waals surface area contributed by atoms with Crippen LogP contribution in [-0.4, -0.2) is 81.9 Å². The maximum absolute atomic E-state index is 6.00. The predicted octanol–water partition coefficient (Wildman–Crippen LogP) is 3.69. The van der Waals surface area contributed by atoms with E-state index in [1.54, 1.807) is 43.2 Å². The summed E-state index contributed by atoms with van der Waals surface area (Å²) in [6.45, 7) is 10.6. The molecule has 25 heavy (non-hydrogen) atoms. The van der Waals surface area contributed by atoms with Gasteiger partial charge in [-0.2, -0.15) is 0 Å². The van der Waals surface area contributed by atoms with Crippen molar-refractivity contribution >= 4 is 76.3 Å². The minimum absolute atomic E-state index is 0.0593. The van der Waals surface area contributed by atoms with E-state index in [9.17, 15) is 0 Å². The third-order valence-corrected chi connectivity index (χ3v) is 9.99. The van der Waals surface area contributed by atoms with Crippen molar-refractivity contribution in [1.29, 1.82) is 0 Å². The molecule has 2 fully saturated rings. The highest BCUT2D eigenvalue weighted by atomic mass is 33.1. The molecular formula is C14H24N2O3S6. The predicted molar refractivity (Wildman–Crippen MR) is 120 cm³/mol. The molecule has 0 aromatic carbocycles. The largest absolute Gasteiger partial charge is 0.378 e. The van der Waals surface area contributed by atoms with Gasteiger partial charge in [-0.25, -0.2) is 0 Å². The van der Waals surface area contributed by atoms with Crippen LogP contribution in [0.4, 0.5) is 0 Å². The first-order chi connectivity index (χ1) is 12.1. The lowest BCUT2D eigenvalue weighted by molar-refractivity contribution is 0.0702. The van der Waals surface area contributed by atoms with E-state index in [4.69, 9.17) is 38.6 Å². The van der Waals surface area contributed by atoms with Crippen LogP contribution in [0.15, 0.2) is 0 Å². The Balaban J connectivity index is 1.58. The van der Waals surface area contributed by atoms with E-state index in [-0.39, 0.29) is 10.9 Å². The standard InChI is InChI=1S/C14H24N2O3S6/c1-11(22-24-13(20)15-3-7-17-8-4-15)19-12(2)23-25-14(21)16-5-9-18-10-6-16/h11-12H,3-10H2,1-2H3. The lowest BCUT2D eigenvalue weighted by Crippen LogP contribution is -2.38. The summed E-state index contributed by atoms with van der Waals surface area (Å²) in [6, 6.07) is 0. The van der Waals surface area contributed by atoms with Crippen molar-refractivity contribution in [2.45, 2.75) is 24.7 Å². The van der Waals surface area contributed by atoms with Crippen LogP contribution in [0.3, 0.4) is 0 Å². The van der Waals surface area contributed by atoms with Gasteiger partial charge in [0.25, 0.3) is 0 Å². The summed E-state index contributed by atoms with van der Waals surface area (Å²) < 4.78 is 18.5. The van der Waals surface area contributed by atoms with Crippen LogP contribution in [-0.2, 0) is 14.2 Å². The zero-order valence-electron chi connectivity index (χ0n) is 14.4. The van der Waals surface area contributed by atoms with Crippen LogP contribution >= 0.6 is 67.6 Å². The average molecular weight is 461 g/mol. The molecule has 0 aromatic rings. The second kappa shape index (κ2) is 12.5. The lowest BCUT2D eigenvalue weighted by atomic mass is 10.5. The summed E-state index contributed by atoms with van der Waals surface area (Å²) in [7, 11) is 6.53. The molecule has 0 bridgehead atoms. The lowest BCUT2D eigenvalue weighted by Gasteiger charge is -2.29. The Hall–Kier alpha value is 1.06. The summed E-state index contributed by atoms with van der Waals surface area (Å²) in [6.07, 6.45) is 0. The number of ether oxygens (including phenoxy) is 3. The smallest absolute Gasteiger partial charge is 0.147 e.